The van der Waals surface area contributed by atoms with E-state index >= 15 is 0 Å². The molecule has 0 aromatic carbocycles. The molecule has 0 amide bonds. The van der Waals surface area contributed by atoms with Gasteiger partial charge in [0.05, 0.1) is 40.3 Å². The monoisotopic (exact) mass is 1170 g/mol. The van der Waals surface area contributed by atoms with Gasteiger partial charge in [0.2, 0.25) is 0 Å². The van der Waals surface area contributed by atoms with Crippen molar-refractivity contribution in [1.29, 1.82) is 0 Å². The second-order valence-electron chi connectivity index (χ2n) is 25.5. The van der Waals surface area contributed by atoms with Crippen LogP contribution in [0.2, 0.25) is 0 Å². The summed E-state index contributed by atoms with van der Waals surface area (Å²) >= 11 is 0. The van der Waals surface area contributed by atoms with Crippen molar-refractivity contribution in [3.8, 4) is 0 Å². The van der Waals surface area contributed by atoms with Gasteiger partial charge in [-0.2, -0.15) is 0 Å². The van der Waals surface area contributed by atoms with E-state index in [0.717, 1.165) is 51.4 Å². The summed E-state index contributed by atoms with van der Waals surface area (Å²) < 4.78 is 22.8. The third-order valence-electron chi connectivity index (χ3n) is 16.0. The number of carboxylic acid groups (broad SMARTS) is 1. The van der Waals surface area contributed by atoms with E-state index in [1.807, 2.05) is 21.1 Å². The molecule has 0 fully saturated rings. The minimum Gasteiger partial charge on any atom is -0.545 e. The Morgan fingerprint density at radius 3 is 0.976 bits per heavy atom. The van der Waals surface area contributed by atoms with Gasteiger partial charge in [0.15, 0.2) is 12.4 Å². The predicted molar refractivity (Wildman–Crippen MR) is 352 cm³/mol. The Labute approximate surface area is 514 Å². The molecule has 0 aliphatic carbocycles. The van der Waals surface area contributed by atoms with Crippen LogP contribution < -0.4 is 5.11 Å². The number of hydrogen-bond acceptors (Lipinski definition) is 8. The van der Waals surface area contributed by atoms with Gasteiger partial charge in [-0.15, -0.1) is 0 Å². The van der Waals surface area contributed by atoms with Gasteiger partial charge in [-0.3, -0.25) is 9.59 Å². The molecule has 0 rings (SSSR count). The van der Waals surface area contributed by atoms with E-state index in [2.05, 4.69) is 62.5 Å². The van der Waals surface area contributed by atoms with Crippen LogP contribution in [-0.2, 0) is 33.3 Å². The summed E-state index contributed by atoms with van der Waals surface area (Å²) in [7, 11) is 5.94. The van der Waals surface area contributed by atoms with Gasteiger partial charge in [0, 0.05) is 12.8 Å². The minimum atomic E-state index is -1.62. The minimum absolute atomic E-state index is 0.148. The first-order valence-corrected chi connectivity index (χ1v) is 35.8. The number of ether oxygens (including phenoxy) is 4. The average molecular weight is 1170 g/mol. The topological polar surface area (TPSA) is 111 Å². The first-order valence-electron chi connectivity index (χ1n) is 35.8. The number of esters is 2. The Balaban J connectivity index is 3.96. The molecule has 0 heterocycles. The third kappa shape index (κ3) is 66.6. The van der Waals surface area contributed by atoms with Crippen molar-refractivity contribution >= 4 is 17.9 Å². The summed E-state index contributed by atoms with van der Waals surface area (Å²) in [4.78, 5) is 37.4. The molecular weight excluding hydrogens is 1030 g/mol. The number of aliphatic carboxylic acids is 1. The molecule has 9 nitrogen and oxygen atoms in total. The van der Waals surface area contributed by atoms with Crippen molar-refractivity contribution in [2.24, 2.45) is 0 Å². The number of carbonyl (C=O) groups excluding carboxylic acids is 3. The molecule has 0 bridgehead atoms. The molecule has 2 unspecified atom stereocenters. The molecule has 486 valence electrons. The first kappa shape index (κ1) is 80.2. The number of carbonyl (C=O) groups is 3. The molecule has 0 N–H and O–H groups in total. The van der Waals surface area contributed by atoms with Crippen molar-refractivity contribution in [2.45, 2.75) is 360 Å². The lowest BCUT2D eigenvalue weighted by Gasteiger charge is -2.26. The van der Waals surface area contributed by atoms with E-state index < -0.39 is 24.3 Å². The maximum atomic E-state index is 12.9. The molecule has 0 saturated carbocycles. The zero-order valence-corrected chi connectivity index (χ0v) is 55.6. The molecular formula is C74H137NO8. The largest absolute Gasteiger partial charge is 0.545 e. The fourth-order valence-corrected chi connectivity index (χ4v) is 10.5. The van der Waals surface area contributed by atoms with Gasteiger partial charge in [0.25, 0.3) is 0 Å². The molecule has 9 heteroatoms. The highest BCUT2D eigenvalue weighted by Gasteiger charge is 2.22. The fourth-order valence-electron chi connectivity index (χ4n) is 10.5. The fraction of sp³-hybridized carbons (Fsp3) is 0.851. The van der Waals surface area contributed by atoms with Crippen LogP contribution in [0, 0.1) is 0 Å². The molecule has 0 spiro atoms. The Kier molecular flexibility index (Phi) is 63.1. The highest BCUT2D eigenvalue weighted by molar-refractivity contribution is 5.70. The molecule has 0 aromatic heterocycles. The van der Waals surface area contributed by atoms with Crippen LogP contribution >= 0.6 is 0 Å². The summed E-state index contributed by atoms with van der Waals surface area (Å²) in [6, 6.07) is 0. The molecule has 0 saturated heterocycles. The van der Waals surface area contributed by atoms with Gasteiger partial charge in [-0.1, -0.05) is 306 Å². The highest BCUT2D eigenvalue weighted by atomic mass is 16.7. The Morgan fingerprint density at radius 2 is 0.651 bits per heavy atom. The number of nitrogens with zero attached hydrogens (tertiary/aromatic N) is 1. The van der Waals surface area contributed by atoms with Gasteiger partial charge in [0.1, 0.15) is 13.2 Å². The van der Waals surface area contributed by atoms with E-state index in [4.69, 9.17) is 18.9 Å². The van der Waals surface area contributed by atoms with Gasteiger partial charge >= 0.3 is 11.9 Å². The highest BCUT2D eigenvalue weighted by Crippen LogP contribution is 2.18. The summed E-state index contributed by atoms with van der Waals surface area (Å²) in [5.74, 6) is -2.27. The Bertz CT molecular complexity index is 1500. The molecule has 0 aliphatic rings. The molecule has 0 aliphatic heterocycles. The Morgan fingerprint density at radius 1 is 0.361 bits per heavy atom. The summed E-state index contributed by atoms with van der Waals surface area (Å²) in [5, 5.41) is 11.8. The van der Waals surface area contributed by atoms with E-state index in [9.17, 15) is 19.5 Å². The van der Waals surface area contributed by atoms with Crippen molar-refractivity contribution in [1.82, 2.24) is 0 Å². The lowest BCUT2D eigenvalue weighted by Crippen LogP contribution is -2.44. The standard InChI is InChI=1S/C74H137NO8/c1-6-8-10-12-14-16-18-20-22-24-26-27-28-29-30-31-32-33-34-35-36-37-38-39-40-41-42-43-44-45-47-49-51-53-55-57-59-61-63-65-72(77)83-70(69-82-74(73(78)79)80-67-66-75(3,4)5)68-81-71(76)64-62-60-58-56-54-52-50-48-46-25-23-21-19-17-15-13-11-9-7-2/h15,17-18,20-21,23-24,26,70,74H,6-14,16,19,22,25,27-69H2,1-5H3/b17-15-,20-18-,23-21-,26-24-. The molecule has 0 aromatic rings. The Hall–Kier alpha value is -2.75. The number of rotatable bonds is 67. The van der Waals surface area contributed by atoms with E-state index in [0.29, 0.717) is 11.0 Å². The van der Waals surface area contributed by atoms with Crippen molar-refractivity contribution in [2.75, 3.05) is 47.5 Å². The number of allylic oxidation sites excluding steroid dienone is 8. The van der Waals surface area contributed by atoms with Gasteiger partial charge in [-0.25, -0.2) is 0 Å². The third-order valence-corrected chi connectivity index (χ3v) is 16.0. The summed E-state index contributed by atoms with van der Waals surface area (Å²) in [6.07, 6.45) is 80.7. The van der Waals surface area contributed by atoms with Crippen LogP contribution in [0.3, 0.4) is 0 Å². The van der Waals surface area contributed by atoms with Gasteiger partial charge in [-0.05, 0) is 77.0 Å². The van der Waals surface area contributed by atoms with Crippen LogP contribution in [0.1, 0.15) is 348 Å². The lowest BCUT2D eigenvalue weighted by molar-refractivity contribution is -0.870. The number of likely N-dealkylation sites (N-methyl/N-ethyl adjacent to an activating group) is 1. The maximum absolute atomic E-state index is 12.9. The van der Waals surface area contributed by atoms with Crippen LogP contribution in [0.15, 0.2) is 48.6 Å². The summed E-state index contributed by atoms with van der Waals surface area (Å²) in [6.45, 7) is 4.76. The van der Waals surface area contributed by atoms with Crippen molar-refractivity contribution in [3.05, 3.63) is 48.6 Å². The first-order chi connectivity index (χ1) is 40.6. The number of unbranched alkanes of at least 4 members (excludes halogenated alkanes) is 44. The van der Waals surface area contributed by atoms with E-state index in [-0.39, 0.29) is 38.6 Å². The van der Waals surface area contributed by atoms with Gasteiger partial charge < -0.3 is 33.3 Å². The molecule has 2 atom stereocenters. The smallest absolute Gasteiger partial charge is 0.306 e. The normalized spacial score (nSPS) is 12.9. The van der Waals surface area contributed by atoms with Crippen LogP contribution in [0.4, 0.5) is 0 Å². The van der Waals surface area contributed by atoms with Crippen LogP contribution in [0.25, 0.3) is 0 Å². The quantitative estimate of drug-likeness (QED) is 0.0195. The maximum Gasteiger partial charge on any atom is 0.306 e. The second-order valence-corrected chi connectivity index (χ2v) is 25.5. The lowest BCUT2D eigenvalue weighted by atomic mass is 10.0. The predicted octanol–water partition coefficient (Wildman–Crippen LogP) is 20.8. The number of carboxylic acids is 1. The molecule has 0 radical (unpaired) electrons. The van der Waals surface area contributed by atoms with Crippen molar-refractivity contribution in [3.63, 3.8) is 0 Å². The molecule has 83 heavy (non-hydrogen) atoms. The number of hydrogen-bond donors (Lipinski definition) is 0. The summed E-state index contributed by atoms with van der Waals surface area (Å²) in [5.41, 5.74) is 0. The SMILES string of the molecule is CCCCC/C=C\C/C=C\CCCCCCCCCCCC(=O)OCC(COC(OCC[N+](C)(C)C)C(=O)[O-])OC(=O)CCCCCCCCCCCCCCCCCCCCCCCCCCCCC/C=C\C/C=C\CCCCCCC. The average Bonchev–Trinajstić information content (AvgIpc) is 3.46. The second kappa shape index (κ2) is 65.2. The van der Waals surface area contributed by atoms with E-state index in [1.54, 1.807) is 0 Å². The van der Waals surface area contributed by atoms with Crippen molar-refractivity contribution < 1.29 is 42.9 Å². The zero-order chi connectivity index (χ0) is 60.5. The van der Waals surface area contributed by atoms with Crippen LogP contribution in [0.5, 0.6) is 0 Å². The van der Waals surface area contributed by atoms with E-state index in [1.165, 1.54) is 270 Å². The van der Waals surface area contributed by atoms with Crippen LogP contribution in [-0.4, -0.2) is 82.3 Å². The zero-order valence-electron chi connectivity index (χ0n) is 55.6. The number of quaternary nitrogens is 1.